The van der Waals surface area contributed by atoms with Crippen LogP contribution in [0.1, 0.15) is 24.1 Å². The first-order chi connectivity index (χ1) is 11.7. The van der Waals surface area contributed by atoms with Crippen molar-refractivity contribution in [2.45, 2.75) is 31.8 Å². The van der Waals surface area contributed by atoms with E-state index in [0.717, 1.165) is 35.0 Å². The quantitative estimate of drug-likeness (QED) is 0.765. The van der Waals surface area contributed by atoms with E-state index in [-0.39, 0.29) is 5.91 Å². The second-order valence-electron chi connectivity index (χ2n) is 6.25. The number of hydrogen-bond acceptors (Lipinski definition) is 2. The van der Waals surface area contributed by atoms with E-state index in [1.54, 1.807) is 6.20 Å². The van der Waals surface area contributed by atoms with Crippen LogP contribution in [0.3, 0.4) is 0 Å². The number of halogens is 1. The summed E-state index contributed by atoms with van der Waals surface area (Å²) in [5.74, 6) is 0.152. The van der Waals surface area contributed by atoms with E-state index in [0.29, 0.717) is 24.0 Å². The Balaban J connectivity index is 1.54. The second kappa shape index (κ2) is 6.29. The molecule has 1 aromatic carbocycles. The first kappa shape index (κ1) is 15.2. The molecular weight excluding hydrogens is 322 g/mol. The van der Waals surface area contributed by atoms with Crippen molar-refractivity contribution in [3.63, 3.8) is 0 Å². The molecule has 0 unspecified atom stereocenters. The van der Waals surface area contributed by atoms with Gasteiger partial charge in [-0.05, 0) is 42.7 Å². The Labute approximate surface area is 145 Å². The lowest BCUT2D eigenvalue weighted by Crippen LogP contribution is -2.34. The minimum absolute atomic E-state index is 0.152. The Morgan fingerprint density at radius 3 is 2.92 bits per heavy atom. The van der Waals surface area contributed by atoms with E-state index in [4.69, 9.17) is 11.6 Å². The highest BCUT2D eigenvalue weighted by molar-refractivity contribution is 6.31. The molecule has 1 aliphatic rings. The average molecular weight is 340 g/mol. The normalized spacial score (nSPS) is 14.0. The Bertz CT molecular complexity index is 871. The van der Waals surface area contributed by atoms with E-state index in [2.05, 4.69) is 9.97 Å². The number of aromatic nitrogens is 2. The number of hydrogen-bond donors (Lipinski definition) is 1. The lowest BCUT2D eigenvalue weighted by atomic mass is 10.1. The molecule has 0 aliphatic heterocycles. The predicted octanol–water partition coefficient (Wildman–Crippen LogP) is 3.95. The molecule has 4 nitrogen and oxygen atoms in total. The SMILES string of the molecule is O=C(Cc1c[nH]c2cc(Cl)ccc12)N(Cc1ccccn1)C1CC1. The largest absolute Gasteiger partial charge is 0.361 e. The number of nitrogens with zero attached hydrogens (tertiary/aromatic N) is 2. The number of H-pyrrole nitrogens is 1. The Morgan fingerprint density at radius 2 is 2.17 bits per heavy atom. The molecule has 1 aliphatic carbocycles. The highest BCUT2D eigenvalue weighted by atomic mass is 35.5. The van der Waals surface area contributed by atoms with Gasteiger partial charge >= 0.3 is 0 Å². The number of benzene rings is 1. The lowest BCUT2D eigenvalue weighted by molar-refractivity contribution is -0.131. The monoisotopic (exact) mass is 339 g/mol. The maximum absolute atomic E-state index is 12.9. The van der Waals surface area contributed by atoms with Gasteiger partial charge in [-0.15, -0.1) is 0 Å². The topological polar surface area (TPSA) is 49.0 Å². The fraction of sp³-hybridized carbons (Fsp3) is 0.263. The highest BCUT2D eigenvalue weighted by Gasteiger charge is 2.32. The molecule has 0 radical (unpaired) electrons. The molecular formula is C19H18ClN3O. The third-order valence-corrected chi connectivity index (χ3v) is 4.67. The van der Waals surface area contributed by atoms with Crippen LogP contribution in [0.25, 0.3) is 10.9 Å². The molecule has 2 aromatic heterocycles. The van der Waals surface area contributed by atoms with Crippen molar-refractivity contribution in [1.82, 2.24) is 14.9 Å². The van der Waals surface area contributed by atoms with E-state index in [1.807, 2.05) is 47.5 Å². The molecule has 0 spiro atoms. The van der Waals surface area contributed by atoms with E-state index < -0.39 is 0 Å². The average Bonchev–Trinajstić information content (AvgIpc) is 3.36. The number of carbonyl (C=O) groups excluding carboxylic acids is 1. The number of aromatic amines is 1. The standard InChI is InChI=1S/C19H18ClN3O/c20-14-4-7-17-13(11-22-18(17)10-14)9-19(24)23(16-5-6-16)12-15-3-1-2-8-21-15/h1-4,7-8,10-11,16,22H,5-6,9,12H2. The van der Waals surface area contributed by atoms with Crippen LogP contribution >= 0.6 is 11.6 Å². The minimum atomic E-state index is 0.152. The molecule has 1 amide bonds. The molecule has 0 atom stereocenters. The molecule has 0 bridgehead atoms. The first-order valence-corrected chi connectivity index (χ1v) is 8.53. The zero-order chi connectivity index (χ0) is 16.5. The van der Waals surface area contributed by atoms with Gasteiger partial charge in [0.15, 0.2) is 0 Å². The van der Waals surface area contributed by atoms with Crippen LogP contribution in [0, 0.1) is 0 Å². The second-order valence-corrected chi connectivity index (χ2v) is 6.69. The van der Waals surface area contributed by atoms with Gasteiger partial charge < -0.3 is 9.88 Å². The van der Waals surface area contributed by atoms with E-state index in [1.165, 1.54) is 0 Å². The summed E-state index contributed by atoms with van der Waals surface area (Å²) in [6, 6.07) is 11.9. The molecule has 4 rings (SSSR count). The highest BCUT2D eigenvalue weighted by Crippen LogP contribution is 2.30. The van der Waals surface area contributed by atoms with Crippen LogP contribution in [-0.4, -0.2) is 26.8 Å². The van der Waals surface area contributed by atoms with Gasteiger partial charge in [-0.25, -0.2) is 0 Å². The molecule has 3 aromatic rings. The van der Waals surface area contributed by atoms with E-state index in [9.17, 15) is 4.79 Å². The molecule has 2 heterocycles. The fourth-order valence-electron chi connectivity index (χ4n) is 3.04. The van der Waals surface area contributed by atoms with Crippen molar-refractivity contribution < 1.29 is 4.79 Å². The first-order valence-electron chi connectivity index (χ1n) is 8.15. The van der Waals surface area contributed by atoms with Gasteiger partial charge in [0.1, 0.15) is 0 Å². The van der Waals surface area contributed by atoms with Crippen molar-refractivity contribution >= 4 is 28.4 Å². The van der Waals surface area contributed by atoms with Crippen molar-refractivity contribution in [2.24, 2.45) is 0 Å². The van der Waals surface area contributed by atoms with Crippen molar-refractivity contribution in [2.75, 3.05) is 0 Å². The Hall–Kier alpha value is -2.33. The number of fused-ring (bicyclic) bond motifs is 1. The molecule has 24 heavy (non-hydrogen) atoms. The number of carbonyl (C=O) groups is 1. The van der Waals surface area contributed by atoms with Crippen molar-refractivity contribution in [3.8, 4) is 0 Å². The van der Waals surface area contributed by atoms with Gasteiger partial charge in [-0.3, -0.25) is 9.78 Å². The van der Waals surface area contributed by atoms with Gasteiger partial charge in [-0.1, -0.05) is 23.7 Å². The van der Waals surface area contributed by atoms with Gasteiger partial charge in [-0.2, -0.15) is 0 Å². The number of pyridine rings is 1. The van der Waals surface area contributed by atoms with Crippen LogP contribution in [-0.2, 0) is 17.8 Å². The van der Waals surface area contributed by atoms with Crippen LogP contribution < -0.4 is 0 Å². The summed E-state index contributed by atoms with van der Waals surface area (Å²) in [5.41, 5.74) is 2.91. The summed E-state index contributed by atoms with van der Waals surface area (Å²) < 4.78 is 0. The summed E-state index contributed by atoms with van der Waals surface area (Å²) in [7, 11) is 0. The Kier molecular flexibility index (Phi) is 3.98. The van der Waals surface area contributed by atoms with Crippen LogP contribution in [0.5, 0.6) is 0 Å². The Morgan fingerprint density at radius 1 is 1.29 bits per heavy atom. The minimum Gasteiger partial charge on any atom is -0.361 e. The van der Waals surface area contributed by atoms with Crippen LogP contribution in [0.2, 0.25) is 5.02 Å². The molecule has 5 heteroatoms. The smallest absolute Gasteiger partial charge is 0.227 e. The van der Waals surface area contributed by atoms with Crippen molar-refractivity contribution in [1.29, 1.82) is 0 Å². The van der Waals surface area contributed by atoms with Gasteiger partial charge in [0.25, 0.3) is 0 Å². The summed E-state index contributed by atoms with van der Waals surface area (Å²) in [4.78, 5) is 22.4. The number of amides is 1. The van der Waals surface area contributed by atoms with Crippen LogP contribution in [0.4, 0.5) is 0 Å². The zero-order valence-electron chi connectivity index (χ0n) is 13.2. The molecule has 0 saturated heterocycles. The van der Waals surface area contributed by atoms with Gasteiger partial charge in [0.2, 0.25) is 5.91 Å². The van der Waals surface area contributed by atoms with Gasteiger partial charge in [0, 0.05) is 34.4 Å². The molecule has 1 N–H and O–H groups in total. The summed E-state index contributed by atoms with van der Waals surface area (Å²) in [6.07, 6.45) is 6.24. The number of nitrogens with one attached hydrogen (secondary N) is 1. The summed E-state index contributed by atoms with van der Waals surface area (Å²) in [5, 5.41) is 1.75. The molecule has 122 valence electrons. The van der Waals surface area contributed by atoms with Crippen molar-refractivity contribution in [3.05, 3.63) is 65.1 Å². The maximum Gasteiger partial charge on any atom is 0.227 e. The number of rotatable bonds is 5. The molecule has 1 saturated carbocycles. The lowest BCUT2D eigenvalue weighted by Gasteiger charge is -2.22. The van der Waals surface area contributed by atoms with Crippen LogP contribution in [0.15, 0.2) is 48.8 Å². The molecule has 1 fully saturated rings. The predicted molar refractivity (Wildman–Crippen MR) is 94.8 cm³/mol. The summed E-state index contributed by atoms with van der Waals surface area (Å²) >= 11 is 6.02. The third-order valence-electron chi connectivity index (χ3n) is 4.44. The maximum atomic E-state index is 12.9. The fourth-order valence-corrected chi connectivity index (χ4v) is 3.21. The van der Waals surface area contributed by atoms with E-state index >= 15 is 0 Å². The summed E-state index contributed by atoms with van der Waals surface area (Å²) in [6.45, 7) is 0.582. The zero-order valence-corrected chi connectivity index (χ0v) is 14.0. The van der Waals surface area contributed by atoms with Gasteiger partial charge in [0.05, 0.1) is 18.7 Å². The third kappa shape index (κ3) is 3.15.